The number of Topliss-reactive ketones (excluding diaryl/α,β-unsaturated/α-hetero) is 1. The van der Waals surface area contributed by atoms with Crippen LogP contribution < -0.4 is 0 Å². The van der Waals surface area contributed by atoms with Crippen LogP contribution in [-0.4, -0.2) is 22.5 Å². The van der Waals surface area contributed by atoms with Crippen molar-refractivity contribution in [3.8, 4) is 0 Å². The Bertz CT molecular complexity index is 579. The zero-order valence-electron chi connectivity index (χ0n) is 17.4. The molecule has 148 valence electrons. The van der Waals surface area contributed by atoms with Crippen LogP contribution in [0.25, 0.3) is 0 Å². The molecule has 0 aromatic heterocycles. The number of hydrogen-bond acceptors (Lipinski definition) is 3. The highest BCUT2D eigenvalue weighted by atomic mass is 16.3. The Morgan fingerprint density at radius 2 is 1.88 bits per heavy atom. The van der Waals surface area contributed by atoms with Crippen molar-refractivity contribution in [2.45, 2.75) is 74.1 Å². The Labute approximate surface area is 158 Å². The van der Waals surface area contributed by atoms with Gasteiger partial charge in [-0.05, 0) is 50.0 Å². The van der Waals surface area contributed by atoms with Crippen LogP contribution in [0.4, 0.5) is 0 Å². The molecule has 1 aliphatic rings. The summed E-state index contributed by atoms with van der Waals surface area (Å²) in [7, 11) is 0. The third-order valence-corrected chi connectivity index (χ3v) is 5.60. The fourth-order valence-corrected chi connectivity index (χ4v) is 3.58. The first-order chi connectivity index (χ1) is 12.1. The van der Waals surface area contributed by atoms with E-state index in [0.29, 0.717) is 5.92 Å². The standard InChI is InChI=1S/C21H34O2.CH2O2/c1-8-11-14(3)18-20(23)19(22)16(5)17(9-2)13-10-12-15(4)21(18,6)7;2-1-3/h10,13,15,17,22H,8-9,11-12H2,1-7H3;1H,(H,2,3)/b13-10?,18-14-,19-16+;/t15-,17?;/m1./s1. The van der Waals surface area contributed by atoms with Gasteiger partial charge < -0.3 is 10.2 Å². The van der Waals surface area contributed by atoms with Gasteiger partial charge in [0.2, 0.25) is 5.78 Å². The summed E-state index contributed by atoms with van der Waals surface area (Å²) in [6.45, 7) is 14.4. The van der Waals surface area contributed by atoms with Gasteiger partial charge in [-0.25, -0.2) is 0 Å². The first kappa shape index (κ1) is 24.2. The van der Waals surface area contributed by atoms with Crippen LogP contribution >= 0.6 is 0 Å². The Hall–Kier alpha value is -1.84. The minimum absolute atomic E-state index is 0.0471. The van der Waals surface area contributed by atoms with Crippen LogP contribution in [0.1, 0.15) is 74.1 Å². The minimum atomic E-state index is -0.256. The van der Waals surface area contributed by atoms with Crippen molar-refractivity contribution in [2.75, 3.05) is 0 Å². The summed E-state index contributed by atoms with van der Waals surface area (Å²) in [6, 6.07) is 0. The lowest BCUT2D eigenvalue weighted by atomic mass is 9.68. The normalized spacial score (nSPS) is 28.0. The van der Waals surface area contributed by atoms with Crippen LogP contribution in [0.2, 0.25) is 0 Å². The fraction of sp³-hybridized carbons (Fsp3) is 0.636. The van der Waals surface area contributed by atoms with E-state index in [4.69, 9.17) is 9.90 Å². The van der Waals surface area contributed by atoms with E-state index in [9.17, 15) is 9.90 Å². The summed E-state index contributed by atoms with van der Waals surface area (Å²) < 4.78 is 0. The van der Waals surface area contributed by atoms with Crippen molar-refractivity contribution in [1.82, 2.24) is 0 Å². The number of aliphatic hydroxyl groups excluding tert-OH is 1. The van der Waals surface area contributed by atoms with Crippen molar-refractivity contribution in [1.29, 1.82) is 0 Å². The molecular formula is C22H36O4. The molecule has 0 radical (unpaired) electrons. The van der Waals surface area contributed by atoms with Crippen LogP contribution in [0, 0.1) is 17.3 Å². The molecule has 0 bridgehead atoms. The van der Waals surface area contributed by atoms with E-state index in [0.717, 1.165) is 42.4 Å². The second kappa shape index (κ2) is 11.0. The molecule has 1 aliphatic carbocycles. The summed E-state index contributed by atoms with van der Waals surface area (Å²) >= 11 is 0. The molecule has 0 aromatic rings. The lowest BCUT2D eigenvalue weighted by Gasteiger charge is -2.36. The predicted molar refractivity (Wildman–Crippen MR) is 107 cm³/mol. The zero-order chi connectivity index (χ0) is 20.5. The molecule has 4 heteroatoms. The summed E-state index contributed by atoms with van der Waals surface area (Å²) in [5, 5.41) is 17.5. The largest absolute Gasteiger partial charge is 0.504 e. The lowest BCUT2D eigenvalue weighted by Crippen LogP contribution is -2.31. The quantitative estimate of drug-likeness (QED) is 0.374. The summed E-state index contributed by atoms with van der Waals surface area (Å²) in [4.78, 5) is 21.5. The first-order valence-electron chi connectivity index (χ1n) is 9.49. The molecule has 0 saturated carbocycles. The van der Waals surface area contributed by atoms with E-state index in [1.54, 1.807) is 0 Å². The van der Waals surface area contributed by atoms with Gasteiger partial charge in [-0.2, -0.15) is 0 Å². The maximum atomic E-state index is 13.1. The molecule has 4 nitrogen and oxygen atoms in total. The van der Waals surface area contributed by atoms with Crippen molar-refractivity contribution >= 4 is 12.3 Å². The molecular weight excluding hydrogens is 328 g/mol. The highest BCUT2D eigenvalue weighted by Crippen LogP contribution is 2.42. The van der Waals surface area contributed by atoms with Gasteiger partial charge in [-0.15, -0.1) is 0 Å². The van der Waals surface area contributed by atoms with Gasteiger partial charge >= 0.3 is 0 Å². The van der Waals surface area contributed by atoms with Crippen LogP contribution in [0.5, 0.6) is 0 Å². The van der Waals surface area contributed by atoms with Gasteiger partial charge in [0.1, 0.15) is 0 Å². The molecule has 2 atom stereocenters. The van der Waals surface area contributed by atoms with Gasteiger partial charge in [0.05, 0.1) is 0 Å². The highest BCUT2D eigenvalue weighted by molar-refractivity contribution is 6.08. The Morgan fingerprint density at radius 1 is 1.35 bits per heavy atom. The Morgan fingerprint density at radius 3 is 2.35 bits per heavy atom. The number of hydrogen-bond donors (Lipinski definition) is 2. The summed E-state index contributed by atoms with van der Waals surface area (Å²) in [5.41, 5.74) is 2.47. The zero-order valence-corrected chi connectivity index (χ0v) is 17.4. The molecule has 0 spiro atoms. The molecule has 2 N–H and O–H groups in total. The van der Waals surface area contributed by atoms with Crippen molar-refractivity contribution in [3.05, 3.63) is 34.6 Å². The molecule has 0 aromatic carbocycles. The minimum Gasteiger partial charge on any atom is -0.504 e. The van der Waals surface area contributed by atoms with Gasteiger partial charge in [-0.1, -0.05) is 58.8 Å². The average molecular weight is 365 g/mol. The molecule has 1 unspecified atom stereocenters. The SMILES string of the molecule is CCC/C(C)=C1/C(=O)/C(O)=C(/C)C(CC)C=CC[C@@H](C)C1(C)C.O=CO. The molecule has 0 fully saturated rings. The monoisotopic (exact) mass is 364 g/mol. The van der Waals surface area contributed by atoms with Gasteiger partial charge in [-0.3, -0.25) is 9.59 Å². The predicted octanol–water partition coefficient (Wildman–Crippen LogP) is 5.85. The summed E-state index contributed by atoms with van der Waals surface area (Å²) in [6.07, 6.45) is 8.13. The van der Waals surface area contributed by atoms with E-state index >= 15 is 0 Å². The van der Waals surface area contributed by atoms with E-state index < -0.39 is 0 Å². The number of allylic oxidation sites excluding steroid dienone is 5. The highest BCUT2D eigenvalue weighted by Gasteiger charge is 2.37. The lowest BCUT2D eigenvalue weighted by molar-refractivity contribution is -0.123. The van der Waals surface area contributed by atoms with Crippen LogP contribution in [-0.2, 0) is 9.59 Å². The number of carbonyl (C=O) groups excluding carboxylic acids is 1. The van der Waals surface area contributed by atoms with Gasteiger partial charge in [0, 0.05) is 11.5 Å². The molecule has 0 saturated heterocycles. The van der Waals surface area contributed by atoms with Crippen LogP contribution in [0.15, 0.2) is 34.6 Å². The Kier molecular flexibility index (Phi) is 10.2. The van der Waals surface area contributed by atoms with E-state index in [2.05, 4.69) is 46.8 Å². The van der Waals surface area contributed by atoms with E-state index in [1.807, 2.05) is 13.8 Å². The Balaban J connectivity index is 0.00000194. The van der Waals surface area contributed by atoms with E-state index in [-0.39, 0.29) is 29.3 Å². The van der Waals surface area contributed by atoms with Gasteiger partial charge in [0.15, 0.2) is 5.76 Å². The number of ketones is 1. The number of carbonyl (C=O) groups is 2. The maximum absolute atomic E-state index is 13.1. The molecule has 0 amide bonds. The van der Waals surface area contributed by atoms with Crippen LogP contribution in [0.3, 0.4) is 0 Å². The van der Waals surface area contributed by atoms with Gasteiger partial charge in [0.25, 0.3) is 6.47 Å². The third-order valence-electron chi connectivity index (χ3n) is 5.60. The number of aliphatic hydroxyl groups is 1. The topological polar surface area (TPSA) is 74.6 Å². The second-order valence-electron chi connectivity index (χ2n) is 7.67. The molecule has 1 rings (SSSR count). The molecule has 0 aliphatic heterocycles. The van der Waals surface area contributed by atoms with Crippen molar-refractivity contribution in [3.63, 3.8) is 0 Å². The molecule has 26 heavy (non-hydrogen) atoms. The number of rotatable bonds is 3. The maximum Gasteiger partial charge on any atom is 0.290 e. The van der Waals surface area contributed by atoms with Crippen molar-refractivity contribution < 1.29 is 19.8 Å². The smallest absolute Gasteiger partial charge is 0.290 e. The average Bonchev–Trinajstić information content (AvgIpc) is 2.57. The molecule has 0 heterocycles. The first-order valence-corrected chi connectivity index (χ1v) is 9.49. The van der Waals surface area contributed by atoms with Crippen molar-refractivity contribution in [2.24, 2.45) is 17.3 Å². The number of carboxylic acid groups (broad SMARTS) is 1. The fourth-order valence-electron chi connectivity index (χ4n) is 3.58. The second-order valence-corrected chi connectivity index (χ2v) is 7.67. The third kappa shape index (κ3) is 5.86. The van der Waals surface area contributed by atoms with E-state index in [1.165, 1.54) is 0 Å². The summed E-state index contributed by atoms with van der Waals surface area (Å²) in [5.74, 6) is 0.265.